The number of rotatable bonds is 6. The minimum Gasteiger partial charge on any atom is -0.493 e. The van der Waals surface area contributed by atoms with Gasteiger partial charge in [0.05, 0.1) is 26.7 Å². The second kappa shape index (κ2) is 9.28. The molecule has 7 heteroatoms. The van der Waals surface area contributed by atoms with Crippen LogP contribution in [-0.4, -0.2) is 60.4 Å². The molecule has 0 radical (unpaired) electrons. The van der Waals surface area contributed by atoms with Crippen LogP contribution in [0.3, 0.4) is 0 Å². The van der Waals surface area contributed by atoms with Crippen LogP contribution in [0.2, 0.25) is 0 Å². The number of carbonyl (C=O) groups excluding carboxylic acids is 3. The summed E-state index contributed by atoms with van der Waals surface area (Å²) in [6.45, 7) is -0.0218. The maximum atomic E-state index is 13.5. The Bertz CT molecular complexity index is 848. The highest BCUT2D eigenvalue weighted by atomic mass is 16.5. The molecule has 3 amide bonds. The summed E-state index contributed by atoms with van der Waals surface area (Å²) in [6, 6.07) is 4.55. The van der Waals surface area contributed by atoms with E-state index in [0.717, 1.165) is 57.8 Å². The lowest BCUT2D eigenvalue weighted by atomic mass is 9.80. The minimum atomic E-state index is -0.283. The third-order valence-electron chi connectivity index (χ3n) is 7.10. The molecule has 3 fully saturated rings. The molecule has 1 heterocycles. The molecule has 0 bridgehead atoms. The van der Waals surface area contributed by atoms with Crippen LogP contribution in [0.4, 0.5) is 4.79 Å². The van der Waals surface area contributed by atoms with E-state index in [9.17, 15) is 14.4 Å². The predicted octanol–water partition coefficient (Wildman–Crippen LogP) is 4.04. The Morgan fingerprint density at radius 2 is 1.61 bits per heavy atom. The van der Waals surface area contributed by atoms with Crippen LogP contribution in [0.25, 0.3) is 0 Å². The second-order valence-electron chi connectivity index (χ2n) is 8.86. The normalized spacial score (nSPS) is 24.7. The van der Waals surface area contributed by atoms with Crippen molar-refractivity contribution in [3.8, 4) is 11.5 Å². The predicted molar refractivity (Wildman–Crippen MR) is 115 cm³/mol. The van der Waals surface area contributed by atoms with Gasteiger partial charge in [-0.05, 0) is 43.9 Å². The lowest BCUT2D eigenvalue weighted by Crippen LogP contribution is -2.65. The largest absolute Gasteiger partial charge is 0.493 e. The van der Waals surface area contributed by atoms with Gasteiger partial charge in [0, 0.05) is 17.6 Å². The molecule has 0 aromatic heterocycles. The summed E-state index contributed by atoms with van der Waals surface area (Å²) in [5.74, 6) is 0.668. The second-order valence-corrected chi connectivity index (χ2v) is 8.86. The first-order valence-electron chi connectivity index (χ1n) is 11.4. The van der Waals surface area contributed by atoms with Gasteiger partial charge in [-0.3, -0.25) is 14.5 Å². The highest BCUT2D eigenvalue weighted by molar-refractivity contribution is 6.03. The SMILES string of the molecule is COc1ccc(C(=O)CN2C(=O)N(C3CCCCC3)C(=O)C3CCCCC32)cc1OC. The van der Waals surface area contributed by atoms with Crippen molar-refractivity contribution in [3.05, 3.63) is 23.8 Å². The summed E-state index contributed by atoms with van der Waals surface area (Å²) < 4.78 is 10.6. The Morgan fingerprint density at radius 3 is 2.32 bits per heavy atom. The highest BCUT2D eigenvalue weighted by Crippen LogP contribution is 2.37. The van der Waals surface area contributed by atoms with Gasteiger partial charge in [0.15, 0.2) is 17.3 Å². The van der Waals surface area contributed by atoms with E-state index in [2.05, 4.69) is 0 Å². The number of carbonyl (C=O) groups is 3. The molecule has 7 nitrogen and oxygen atoms in total. The smallest absolute Gasteiger partial charge is 0.327 e. The molecule has 0 spiro atoms. The van der Waals surface area contributed by atoms with E-state index in [0.29, 0.717) is 17.1 Å². The number of methoxy groups -OCH3 is 2. The molecule has 168 valence electrons. The van der Waals surface area contributed by atoms with Crippen LogP contribution >= 0.6 is 0 Å². The molecule has 1 aromatic carbocycles. The van der Waals surface area contributed by atoms with Gasteiger partial charge < -0.3 is 14.4 Å². The summed E-state index contributed by atoms with van der Waals surface area (Å²) in [4.78, 5) is 43.2. The zero-order valence-corrected chi connectivity index (χ0v) is 18.5. The lowest BCUT2D eigenvalue weighted by Gasteiger charge is -2.49. The van der Waals surface area contributed by atoms with Crippen molar-refractivity contribution in [3.63, 3.8) is 0 Å². The fourth-order valence-corrected chi connectivity index (χ4v) is 5.44. The Kier molecular flexibility index (Phi) is 6.49. The molecule has 2 atom stereocenters. The summed E-state index contributed by atoms with van der Waals surface area (Å²) in [5, 5.41) is 0. The van der Waals surface area contributed by atoms with Gasteiger partial charge in [-0.25, -0.2) is 4.79 Å². The zero-order valence-electron chi connectivity index (χ0n) is 18.5. The maximum absolute atomic E-state index is 13.5. The van der Waals surface area contributed by atoms with Gasteiger partial charge >= 0.3 is 6.03 Å². The van der Waals surface area contributed by atoms with Gasteiger partial charge in [0.1, 0.15) is 0 Å². The number of nitrogens with zero attached hydrogens (tertiary/aromatic N) is 2. The Labute approximate surface area is 183 Å². The molecule has 1 saturated heterocycles. The van der Waals surface area contributed by atoms with Gasteiger partial charge in [-0.2, -0.15) is 0 Å². The molecule has 2 unspecified atom stereocenters. The van der Waals surface area contributed by atoms with E-state index in [4.69, 9.17) is 9.47 Å². The average molecular weight is 429 g/mol. The van der Waals surface area contributed by atoms with Gasteiger partial charge in [-0.15, -0.1) is 0 Å². The number of hydrogen-bond acceptors (Lipinski definition) is 5. The van der Waals surface area contributed by atoms with Crippen LogP contribution in [0.5, 0.6) is 11.5 Å². The van der Waals surface area contributed by atoms with E-state index >= 15 is 0 Å². The van der Waals surface area contributed by atoms with E-state index in [1.165, 1.54) is 12.0 Å². The number of fused-ring (bicyclic) bond motifs is 1. The summed E-state index contributed by atoms with van der Waals surface area (Å²) in [6.07, 6.45) is 8.52. The van der Waals surface area contributed by atoms with E-state index < -0.39 is 0 Å². The first kappa shape index (κ1) is 21.7. The molecule has 31 heavy (non-hydrogen) atoms. The van der Waals surface area contributed by atoms with Crippen molar-refractivity contribution in [2.45, 2.75) is 69.9 Å². The molecule has 4 rings (SSSR count). The van der Waals surface area contributed by atoms with Crippen molar-refractivity contribution < 1.29 is 23.9 Å². The molecule has 3 aliphatic rings. The van der Waals surface area contributed by atoms with Gasteiger partial charge in [0.2, 0.25) is 5.91 Å². The molecule has 1 aliphatic heterocycles. The average Bonchev–Trinajstić information content (AvgIpc) is 2.82. The van der Waals surface area contributed by atoms with Crippen molar-refractivity contribution >= 4 is 17.7 Å². The molecule has 2 saturated carbocycles. The van der Waals surface area contributed by atoms with E-state index in [-0.39, 0.29) is 42.3 Å². The Hall–Kier alpha value is -2.57. The van der Waals surface area contributed by atoms with Gasteiger partial charge in [0.25, 0.3) is 0 Å². The van der Waals surface area contributed by atoms with Crippen molar-refractivity contribution in [2.24, 2.45) is 5.92 Å². The number of ether oxygens (including phenoxy) is 2. The minimum absolute atomic E-state index is 0.0172. The molecule has 1 aromatic rings. The summed E-state index contributed by atoms with van der Waals surface area (Å²) in [7, 11) is 3.08. The molecular weight excluding hydrogens is 396 g/mol. The standard InChI is InChI=1S/C24H32N2O5/c1-30-21-13-12-16(14-22(21)31-2)20(27)15-25-19-11-7-6-10-18(19)23(28)26(24(25)29)17-8-4-3-5-9-17/h12-14,17-19H,3-11,15H2,1-2H3. The van der Waals surface area contributed by atoms with Crippen LogP contribution < -0.4 is 9.47 Å². The van der Waals surface area contributed by atoms with Crippen LogP contribution in [0, 0.1) is 5.92 Å². The lowest BCUT2D eigenvalue weighted by molar-refractivity contribution is -0.143. The number of hydrogen-bond donors (Lipinski definition) is 0. The number of urea groups is 1. The highest BCUT2D eigenvalue weighted by Gasteiger charge is 2.49. The van der Waals surface area contributed by atoms with Crippen LogP contribution in [0.15, 0.2) is 18.2 Å². The van der Waals surface area contributed by atoms with E-state index in [1.807, 2.05) is 0 Å². The fourth-order valence-electron chi connectivity index (χ4n) is 5.44. The van der Waals surface area contributed by atoms with Crippen LogP contribution in [-0.2, 0) is 4.79 Å². The first-order chi connectivity index (χ1) is 15.0. The summed E-state index contributed by atoms with van der Waals surface area (Å²) >= 11 is 0. The monoisotopic (exact) mass is 428 g/mol. The van der Waals surface area contributed by atoms with Crippen molar-refractivity contribution in [2.75, 3.05) is 20.8 Å². The Balaban J connectivity index is 1.59. The summed E-state index contributed by atoms with van der Waals surface area (Å²) in [5.41, 5.74) is 0.471. The van der Waals surface area contributed by atoms with Gasteiger partial charge in [-0.1, -0.05) is 32.1 Å². The fraction of sp³-hybridized carbons (Fsp3) is 0.625. The molecule has 0 N–H and O–H groups in total. The number of ketones is 1. The number of Topliss-reactive ketones (excluding diaryl/α,β-unsaturated/α-hetero) is 1. The first-order valence-corrected chi connectivity index (χ1v) is 11.4. The van der Waals surface area contributed by atoms with Crippen molar-refractivity contribution in [1.29, 1.82) is 0 Å². The quantitative estimate of drug-likeness (QED) is 0.639. The Morgan fingerprint density at radius 1 is 0.935 bits per heavy atom. The third kappa shape index (κ3) is 4.14. The molecular formula is C24H32N2O5. The zero-order chi connectivity index (χ0) is 22.0. The number of imide groups is 1. The van der Waals surface area contributed by atoms with Crippen LogP contribution in [0.1, 0.15) is 68.1 Å². The maximum Gasteiger partial charge on any atom is 0.327 e. The number of benzene rings is 1. The third-order valence-corrected chi connectivity index (χ3v) is 7.10. The number of amides is 3. The molecule has 2 aliphatic carbocycles. The topological polar surface area (TPSA) is 76.2 Å². The van der Waals surface area contributed by atoms with Crippen molar-refractivity contribution in [1.82, 2.24) is 9.80 Å². The van der Waals surface area contributed by atoms with E-state index in [1.54, 1.807) is 30.2 Å².